The molecule has 0 saturated heterocycles. The maximum absolute atomic E-state index is 4.81. The van der Waals surface area contributed by atoms with Crippen molar-refractivity contribution in [2.45, 2.75) is 33.1 Å². The molecule has 3 heterocycles. The minimum atomic E-state index is 0.515. The van der Waals surface area contributed by atoms with Crippen LogP contribution in [0.25, 0.3) is 32.6 Å². The van der Waals surface area contributed by atoms with Crippen molar-refractivity contribution in [2.75, 3.05) is 5.32 Å². The van der Waals surface area contributed by atoms with Crippen LogP contribution in [0.2, 0.25) is 0 Å². The fraction of sp³-hybridized carbons (Fsp3) is 0.192. The summed E-state index contributed by atoms with van der Waals surface area (Å²) < 4.78 is 0. The van der Waals surface area contributed by atoms with Crippen LogP contribution in [0.3, 0.4) is 0 Å². The van der Waals surface area contributed by atoms with Crippen LogP contribution in [0, 0.1) is 0 Å². The van der Waals surface area contributed by atoms with Gasteiger partial charge in [0.25, 0.3) is 0 Å². The Morgan fingerprint density at radius 2 is 1.62 bits per heavy atom. The number of thiazole rings is 1. The quantitative estimate of drug-likeness (QED) is 0.282. The summed E-state index contributed by atoms with van der Waals surface area (Å²) in [6.45, 7) is 6.59. The summed E-state index contributed by atoms with van der Waals surface area (Å²) in [7, 11) is 0. The molecule has 0 amide bonds. The van der Waals surface area contributed by atoms with Gasteiger partial charge < -0.3 is 5.32 Å². The third kappa shape index (κ3) is 4.04. The number of hydrogen-bond donors (Lipinski definition) is 1. The van der Waals surface area contributed by atoms with Crippen LogP contribution >= 0.6 is 22.7 Å². The molecule has 0 bridgehead atoms. The van der Waals surface area contributed by atoms with Gasteiger partial charge in [0.1, 0.15) is 17.0 Å². The largest absolute Gasteiger partial charge is 0.316 e. The number of nitrogens with zero attached hydrogens (tertiary/aromatic N) is 3. The van der Waals surface area contributed by atoms with Crippen LogP contribution in [0.4, 0.5) is 10.9 Å². The van der Waals surface area contributed by atoms with E-state index in [2.05, 4.69) is 95.3 Å². The first-order valence-corrected chi connectivity index (χ1v) is 12.5. The summed E-state index contributed by atoms with van der Waals surface area (Å²) in [6.07, 6.45) is 2.65. The molecule has 0 spiro atoms. The standard InChI is InChI=1S/C26H24N4S2/c1-4-17-5-7-20(8-6-17)22-14-32-26(29-22)30-24-23-21(13-31-25(23)28-15-27-24)19-11-9-18(10-12-19)16(2)3/h5-16H,4H2,1-3H3,(H,27,28,29,30). The molecule has 0 fully saturated rings. The molecule has 1 N–H and O–H groups in total. The molecule has 0 aliphatic heterocycles. The monoisotopic (exact) mass is 456 g/mol. The van der Waals surface area contributed by atoms with Crippen molar-refractivity contribution in [1.29, 1.82) is 0 Å². The average Bonchev–Trinajstić information content (AvgIpc) is 3.47. The second-order valence-electron chi connectivity index (χ2n) is 8.04. The molecule has 0 atom stereocenters. The fourth-order valence-corrected chi connectivity index (χ4v) is 5.34. The van der Waals surface area contributed by atoms with Crippen molar-refractivity contribution in [3.8, 4) is 22.4 Å². The maximum Gasteiger partial charge on any atom is 0.188 e. The zero-order chi connectivity index (χ0) is 22.1. The van der Waals surface area contributed by atoms with Gasteiger partial charge in [-0.2, -0.15) is 0 Å². The summed E-state index contributed by atoms with van der Waals surface area (Å²) in [4.78, 5) is 14.8. The molecule has 160 valence electrons. The van der Waals surface area contributed by atoms with E-state index in [0.29, 0.717) is 5.92 Å². The Balaban J connectivity index is 1.47. The maximum atomic E-state index is 4.81. The van der Waals surface area contributed by atoms with E-state index in [1.165, 1.54) is 16.7 Å². The lowest BCUT2D eigenvalue weighted by Gasteiger charge is -2.08. The van der Waals surface area contributed by atoms with Crippen LogP contribution in [-0.2, 0) is 6.42 Å². The fourth-order valence-electron chi connectivity index (χ4n) is 3.71. The summed E-state index contributed by atoms with van der Waals surface area (Å²) in [5, 5.41) is 9.56. The van der Waals surface area contributed by atoms with E-state index >= 15 is 0 Å². The molecular weight excluding hydrogens is 432 g/mol. The van der Waals surface area contributed by atoms with E-state index in [0.717, 1.165) is 44.4 Å². The van der Waals surface area contributed by atoms with Crippen LogP contribution in [-0.4, -0.2) is 15.0 Å². The van der Waals surface area contributed by atoms with Gasteiger partial charge in [0.2, 0.25) is 0 Å². The topological polar surface area (TPSA) is 50.7 Å². The van der Waals surface area contributed by atoms with E-state index in [-0.39, 0.29) is 0 Å². The molecule has 5 rings (SSSR count). The first kappa shape index (κ1) is 20.8. The summed E-state index contributed by atoms with van der Waals surface area (Å²) >= 11 is 3.23. The van der Waals surface area contributed by atoms with Crippen molar-refractivity contribution in [3.63, 3.8) is 0 Å². The highest BCUT2D eigenvalue weighted by atomic mass is 32.1. The Hall–Kier alpha value is -3.09. The van der Waals surface area contributed by atoms with Gasteiger partial charge in [0, 0.05) is 21.9 Å². The first-order chi connectivity index (χ1) is 15.6. The van der Waals surface area contributed by atoms with Gasteiger partial charge in [0.05, 0.1) is 11.1 Å². The normalized spacial score (nSPS) is 11.4. The molecular formula is C26H24N4S2. The minimum Gasteiger partial charge on any atom is -0.316 e. The van der Waals surface area contributed by atoms with Gasteiger partial charge >= 0.3 is 0 Å². The van der Waals surface area contributed by atoms with Crippen molar-refractivity contribution in [1.82, 2.24) is 15.0 Å². The number of nitrogens with one attached hydrogen (secondary N) is 1. The number of hydrogen-bond acceptors (Lipinski definition) is 6. The number of benzene rings is 2. The lowest BCUT2D eigenvalue weighted by atomic mass is 9.99. The van der Waals surface area contributed by atoms with E-state index in [1.54, 1.807) is 29.0 Å². The van der Waals surface area contributed by atoms with Gasteiger partial charge in [0.15, 0.2) is 5.13 Å². The summed E-state index contributed by atoms with van der Waals surface area (Å²) in [5.74, 6) is 1.31. The lowest BCUT2D eigenvalue weighted by Crippen LogP contribution is -1.95. The molecule has 2 aromatic carbocycles. The molecule has 0 radical (unpaired) electrons. The minimum absolute atomic E-state index is 0.515. The molecule has 5 aromatic rings. The molecule has 0 unspecified atom stereocenters. The van der Waals surface area contributed by atoms with Crippen molar-refractivity contribution >= 4 is 43.8 Å². The zero-order valence-corrected chi connectivity index (χ0v) is 19.9. The third-order valence-electron chi connectivity index (χ3n) is 5.65. The van der Waals surface area contributed by atoms with E-state index in [9.17, 15) is 0 Å². The number of anilines is 2. The second-order valence-corrected chi connectivity index (χ2v) is 9.76. The predicted octanol–water partition coefficient (Wildman–Crippen LogP) is 7.91. The Morgan fingerprint density at radius 1 is 0.875 bits per heavy atom. The highest BCUT2D eigenvalue weighted by Gasteiger charge is 2.15. The Morgan fingerprint density at radius 3 is 2.34 bits per heavy atom. The van der Waals surface area contributed by atoms with Crippen molar-refractivity contribution in [3.05, 3.63) is 76.7 Å². The molecule has 0 saturated carbocycles. The molecule has 6 heteroatoms. The average molecular weight is 457 g/mol. The molecule has 32 heavy (non-hydrogen) atoms. The summed E-state index contributed by atoms with van der Waals surface area (Å²) in [6, 6.07) is 17.4. The van der Waals surface area contributed by atoms with Crippen LogP contribution in [0.1, 0.15) is 37.8 Å². The van der Waals surface area contributed by atoms with E-state index in [4.69, 9.17) is 4.98 Å². The van der Waals surface area contributed by atoms with Crippen LogP contribution in [0.5, 0.6) is 0 Å². The van der Waals surface area contributed by atoms with E-state index in [1.807, 2.05) is 0 Å². The van der Waals surface area contributed by atoms with Gasteiger partial charge in [-0.25, -0.2) is 15.0 Å². The van der Waals surface area contributed by atoms with Crippen molar-refractivity contribution in [2.24, 2.45) is 0 Å². The molecule has 3 aromatic heterocycles. The Bertz CT molecular complexity index is 1350. The molecule has 4 nitrogen and oxygen atoms in total. The number of rotatable bonds is 6. The van der Waals surface area contributed by atoms with Gasteiger partial charge in [-0.15, -0.1) is 22.7 Å². The third-order valence-corrected chi connectivity index (χ3v) is 7.29. The predicted molar refractivity (Wildman–Crippen MR) is 137 cm³/mol. The highest BCUT2D eigenvalue weighted by molar-refractivity contribution is 7.17. The van der Waals surface area contributed by atoms with Gasteiger partial charge in [-0.05, 0) is 29.0 Å². The first-order valence-electron chi connectivity index (χ1n) is 10.8. The molecule has 0 aliphatic rings. The number of aromatic nitrogens is 3. The second kappa shape index (κ2) is 8.81. The highest BCUT2D eigenvalue weighted by Crippen LogP contribution is 2.38. The summed E-state index contributed by atoms with van der Waals surface area (Å²) in [5.41, 5.74) is 7.09. The van der Waals surface area contributed by atoms with Crippen LogP contribution < -0.4 is 5.32 Å². The SMILES string of the molecule is CCc1ccc(-c2csc(Nc3ncnc4scc(-c5ccc(C(C)C)cc5)c34)n2)cc1. The number of fused-ring (bicyclic) bond motifs is 1. The Kier molecular flexibility index (Phi) is 5.72. The smallest absolute Gasteiger partial charge is 0.188 e. The van der Waals surface area contributed by atoms with Crippen molar-refractivity contribution < 1.29 is 0 Å². The van der Waals surface area contributed by atoms with Crippen LogP contribution in [0.15, 0.2) is 65.6 Å². The number of thiophene rings is 1. The molecule has 0 aliphatic carbocycles. The Labute approximate surface area is 196 Å². The zero-order valence-electron chi connectivity index (χ0n) is 18.3. The van der Waals surface area contributed by atoms with Gasteiger partial charge in [-0.3, -0.25) is 0 Å². The number of aryl methyl sites for hydroxylation is 1. The lowest BCUT2D eigenvalue weighted by molar-refractivity contribution is 0.867. The van der Waals surface area contributed by atoms with E-state index < -0.39 is 0 Å². The van der Waals surface area contributed by atoms with Gasteiger partial charge in [-0.1, -0.05) is 69.3 Å².